The molecular formula is C15H20F4N2. The molecule has 2 rings (SSSR count). The van der Waals surface area contributed by atoms with Gasteiger partial charge in [-0.25, -0.2) is 4.39 Å². The van der Waals surface area contributed by atoms with Crippen molar-refractivity contribution in [3.63, 3.8) is 0 Å². The van der Waals surface area contributed by atoms with E-state index in [9.17, 15) is 17.6 Å². The lowest BCUT2D eigenvalue weighted by atomic mass is 10.0. The van der Waals surface area contributed by atoms with E-state index in [1.54, 1.807) is 0 Å². The lowest BCUT2D eigenvalue weighted by Gasteiger charge is -2.29. The van der Waals surface area contributed by atoms with Gasteiger partial charge in [-0.2, -0.15) is 13.2 Å². The maximum Gasteiger partial charge on any atom is 0.416 e. The van der Waals surface area contributed by atoms with Gasteiger partial charge in [0.05, 0.1) is 5.56 Å². The molecule has 0 heterocycles. The fourth-order valence-corrected chi connectivity index (χ4v) is 3.18. The molecule has 1 aromatic rings. The van der Waals surface area contributed by atoms with Gasteiger partial charge >= 0.3 is 6.18 Å². The highest BCUT2D eigenvalue weighted by atomic mass is 19.4. The molecule has 1 fully saturated rings. The minimum Gasteiger partial charge on any atom is -0.330 e. The third kappa shape index (κ3) is 3.95. The first-order valence-corrected chi connectivity index (χ1v) is 7.08. The SMILES string of the molecule is CN(Cc1cc(F)cc(C(F)(F)F)c1)C1CCCC1CN. The molecule has 1 aromatic carbocycles. The average Bonchev–Trinajstić information content (AvgIpc) is 2.85. The molecule has 0 spiro atoms. The Labute approximate surface area is 121 Å². The second kappa shape index (κ2) is 6.32. The van der Waals surface area contributed by atoms with Crippen LogP contribution in [-0.4, -0.2) is 24.5 Å². The molecule has 0 saturated heterocycles. The summed E-state index contributed by atoms with van der Waals surface area (Å²) in [6.07, 6.45) is -1.42. The van der Waals surface area contributed by atoms with Crippen LogP contribution in [0, 0.1) is 11.7 Å². The molecule has 1 saturated carbocycles. The van der Waals surface area contributed by atoms with Crippen molar-refractivity contribution in [3.8, 4) is 0 Å². The van der Waals surface area contributed by atoms with E-state index in [1.807, 2.05) is 11.9 Å². The Balaban J connectivity index is 2.14. The third-order valence-corrected chi connectivity index (χ3v) is 4.20. The highest BCUT2D eigenvalue weighted by molar-refractivity contribution is 5.26. The van der Waals surface area contributed by atoms with Gasteiger partial charge in [-0.15, -0.1) is 0 Å². The van der Waals surface area contributed by atoms with Gasteiger partial charge in [0, 0.05) is 12.6 Å². The normalized spacial score (nSPS) is 23.0. The monoisotopic (exact) mass is 304 g/mol. The van der Waals surface area contributed by atoms with E-state index in [0.717, 1.165) is 31.4 Å². The van der Waals surface area contributed by atoms with E-state index in [2.05, 4.69) is 0 Å². The largest absolute Gasteiger partial charge is 0.416 e. The van der Waals surface area contributed by atoms with Crippen molar-refractivity contribution in [1.29, 1.82) is 0 Å². The van der Waals surface area contributed by atoms with Crippen molar-refractivity contribution >= 4 is 0 Å². The number of benzene rings is 1. The van der Waals surface area contributed by atoms with Crippen molar-refractivity contribution < 1.29 is 17.6 Å². The van der Waals surface area contributed by atoms with Crippen LogP contribution >= 0.6 is 0 Å². The molecule has 2 N–H and O–H groups in total. The van der Waals surface area contributed by atoms with Crippen LogP contribution < -0.4 is 5.73 Å². The van der Waals surface area contributed by atoms with Crippen LogP contribution in [-0.2, 0) is 12.7 Å². The number of nitrogens with two attached hydrogens (primary N) is 1. The van der Waals surface area contributed by atoms with E-state index in [4.69, 9.17) is 5.73 Å². The average molecular weight is 304 g/mol. The summed E-state index contributed by atoms with van der Waals surface area (Å²) in [4.78, 5) is 1.99. The third-order valence-electron chi connectivity index (χ3n) is 4.20. The lowest BCUT2D eigenvalue weighted by molar-refractivity contribution is -0.137. The van der Waals surface area contributed by atoms with Gasteiger partial charge in [0.2, 0.25) is 0 Å². The predicted octanol–water partition coefficient (Wildman–Crippen LogP) is 3.40. The Bertz CT molecular complexity index is 487. The topological polar surface area (TPSA) is 29.3 Å². The number of hydrogen-bond acceptors (Lipinski definition) is 2. The highest BCUT2D eigenvalue weighted by Crippen LogP contribution is 2.32. The van der Waals surface area contributed by atoms with Crippen LogP contribution in [0.3, 0.4) is 0 Å². The Morgan fingerprint density at radius 3 is 2.57 bits per heavy atom. The lowest BCUT2D eigenvalue weighted by Crippen LogP contribution is -2.37. The first kappa shape index (κ1) is 16.2. The smallest absolute Gasteiger partial charge is 0.330 e. The molecule has 2 nitrogen and oxygen atoms in total. The molecule has 0 radical (unpaired) electrons. The van der Waals surface area contributed by atoms with Gasteiger partial charge in [-0.1, -0.05) is 6.42 Å². The van der Waals surface area contributed by atoms with Crippen molar-refractivity contribution in [2.75, 3.05) is 13.6 Å². The Morgan fingerprint density at radius 1 is 1.24 bits per heavy atom. The second-order valence-electron chi connectivity index (χ2n) is 5.76. The summed E-state index contributed by atoms with van der Waals surface area (Å²) in [5.74, 6) is -0.485. The van der Waals surface area contributed by atoms with E-state index < -0.39 is 17.6 Å². The number of nitrogens with zero attached hydrogens (tertiary/aromatic N) is 1. The van der Waals surface area contributed by atoms with Crippen molar-refractivity contribution in [1.82, 2.24) is 4.90 Å². The summed E-state index contributed by atoms with van der Waals surface area (Å²) < 4.78 is 51.5. The minimum atomic E-state index is -4.53. The van der Waals surface area contributed by atoms with Gasteiger partial charge in [0.15, 0.2) is 0 Å². The second-order valence-corrected chi connectivity index (χ2v) is 5.76. The highest BCUT2D eigenvalue weighted by Gasteiger charge is 2.32. The van der Waals surface area contributed by atoms with Gasteiger partial charge in [0.25, 0.3) is 0 Å². The zero-order chi connectivity index (χ0) is 15.6. The number of halogens is 4. The maximum absolute atomic E-state index is 13.4. The minimum absolute atomic E-state index is 0.257. The first-order chi connectivity index (χ1) is 9.81. The molecule has 118 valence electrons. The Hall–Kier alpha value is -1.14. The molecule has 6 heteroatoms. The van der Waals surface area contributed by atoms with Gasteiger partial charge < -0.3 is 5.73 Å². The number of hydrogen-bond donors (Lipinski definition) is 1. The van der Waals surface area contributed by atoms with Gasteiger partial charge in [0.1, 0.15) is 5.82 Å². The van der Waals surface area contributed by atoms with Crippen LogP contribution in [0.15, 0.2) is 18.2 Å². The summed E-state index contributed by atoms with van der Waals surface area (Å²) >= 11 is 0. The van der Waals surface area contributed by atoms with E-state index >= 15 is 0 Å². The van der Waals surface area contributed by atoms with Crippen LogP contribution in [0.4, 0.5) is 17.6 Å². The fourth-order valence-electron chi connectivity index (χ4n) is 3.18. The number of rotatable bonds is 4. The maximum atomic E-state index is 13.4. The standard InChI is InChI=1S/C15H20F4N2/c1-21(14-4-2-3-11(14)8-20)9-10-5-12(15(17,18)19)7-13(16)6-10/h5-7,11,14H,2-4,8-9,20H2,1H3. The molecule has 1 aliphatic rings. The van der Waals surface area contributed by atoms with E-state index in [0.29, 0.717) is 30.6 Å². The summed E-state index contributed by atoms with van der Waals surface area (Å²) in [6.45, 7) is 0.869. The van der Waals surface area contributed by atoms with E-state index in [-0.39, 0.29) is 6.04 Å². The first-order valence-electron chi connectivity index (χ1n) is 7.08. The van der Waals surface area contributed by atoms with Gasteiger partial charge in [-0.05, 0) is 56.1 Å². The zero-order valence-corrected chi connectivity index (χ0v) is 12.0. The summed E-state index contributed by atoms with van der Waals surface area (Å²) in [6, 6.07) is 2.97. The van der Waals surface area contributed by atoms with Crippen molar-refractivity contribution in [2.24, 2.45) is 11.7 Å². The molecule has 2 unspecified atom stereocenters. The Morgan fingerprint density at radius 2 is 1.95 bits per heavy atom. The molecule has 2 atom stereocenters. The van der Waals surface area contributed by atoms with Crippen LogP contribution in [0.25, 0.3) is 0 Å². The molecule has 0 bridgehead atoms. The quantitative estimate of drug-likeness (QED) is 0.864. The van der Waals surface area contributed by atoms with Crippen LogP contribution in [0.5, 0.6) is 0 Å². The number of alkyl halides is 3. The molecule has 0 aromatic heterocycles. The molecule has 1 aliphatic carbocycles. The zero-order valence-electron chi connectivity index (χ0n) is 12.0. The Kier molecular flexibility index (Phi) is 4.88. The van der Waals surface area contributed by atoms with Crippen molar-refractivity contribution in [3.05, 3.63) is 35.1 Å². The molecule has 0 aliphatic heterocycles. The van der Waals surface area contributed by atoms with Gasteiger partial charge in [-0.3, -0.25) is 4.90 Å². The predicted molar refractivity (Wildman–Crippen MR) is 73.1 cm³/mol. The molecule has 0 amide bonds. The summed E-state index contributed by atoms with van der Waals surface area (Å²) in [5, 5.41) is 0. The fraction of sp³-hybridized carbons (Fsp3) is 0.600. The van der Waals surface area contributed by atoms with Crippen LogP contribution in [0.2, 0.25) is 0 Å². The van der Waals surface area contributed by atoms with Crippen molar-refractivity contribution in [2.45, 2.75) is 38.0 Å². The van der Waals surface area contributed by atoms with E-state index in [1.165, 1.54) is 0 Å². The summed E-state index contributed by atoms with van der Waals surface area (Å²) in [7, 11) is 1.86. The molecular weight excluding hydrogens is 284 g/mol. The summed E-state index contributed by atoms with van der Waals surface area (Å²) in [5.41, 5.74) is 5.13. The molecule has 21 heavy (non-hydrogen) atoms. The van der Waals surface area contributed by atoms with Crippen LogP contribution in [0.1, 0.15) is 30.4 Å².